The Morgan fingerprint density at radius 3 is 2.64 bits per heavy atom. The fourth-order valence-corrected chi connectivity index (χ4v) is 3.85. The Hall–Kier alpha value is -2.44. The molecule has 0 atom stereocenters. The van der Waals surface area contributed by atoms with Crippen molar-refractivity contribution in [3.05, 3.63) is 64.8 Å². The van der Waals surface area contributed by atoms with Gasteiger partial charge in [-0.15, -0.1) is 0 Å². The molecule has 0 fully saturated rings. The molecule has 0 radical (unpaired) electrons. The van der Waals surface area contributed by atoms with Crippen LogP contribution in [0, 0.1) is 6.92 Å². The van der Waals surface area contributed by atoms with E-state index in [9.17, 15) is 13.2 Å². The van der Waals surface area contributed by atoms with E-state index in [1.807, 2.05) is 19.1 Å². The summed E-state index contributed by atoms with van der Waals surface area (Å²) in [5.74, 6) is -0.421. The number of carbonyl (C=O) groups excluding carboxylic acids is 1. The number of aromatic nitrogens is 1. The molecule has 0 aliphatic heterocycles. The molecule has 3 rings (SSSR count). The van der Waals surface area contributed by atoms with Gasteiger partial charge in [-0.1, -0.05) is 17.7 Å². The zero-order valence-corrected chi connectivity index (χ0v) is 15.1. The minimum absolute atomic E-state index is 0.0720. The van der Waals surface area contributed by atoms with Gasteiger partial charge in [0.1, 0.15) is 0 Å². The third-order valence-corrected chi connectivity index (χ3v) is 5.39. The summed E-state index contributed by atoms with van der Waals surface area (Å²) in [6.07, 6.45) is 2.74. The van der Waals surface area contributed by atoms with Crippen LogP contribution in [0.15, 0.2) is 53.6 Å². The number of aryl methyl sites for hydroxylation is 1. The number of pyridine rings is 1. The minimum atomic E-state index is -3.52. The van der Waals surface area contributed by atoms with Crippen LogP contribution in [0.5, 0.6) is 0 Å². The van der Waals surface area contributed by atoms with Gasteiger partial charge in [0.2, 0.25) is 0 Å². The molecule has 7 heteroatoms. The Morgan fingerprint density at radius 1 is 1.16 bits per heavy atom. The normalized spacial score (nSPS) is 11.5. The van der Waals surface area contributed by atoms with E-state index in [2.05, 4.69) is 10.3 Å². The number of carbonyl (C=O) groups is 1. The number of fused-ring (bicyclic) bond motifs is 1. The number of amides is 1. The van der Waals surface area contributed by atoms with Gasteiger partial charge < -0.3 is 5.32 Å². The molecular weight excluding hydrogens is 360 g/mol. The van der Waals surface area contributed by atoms with E-state index in [4.69, 9.17) is 11.6 Å². The largest absolute Gasteiger partial charge is 0.321 e. The maximum absolute atomic E-state index is 12.6. The van der Waals surface area contributed by atoms with Crippen LogP contribution in [0.4, 0.5) is 5.69 Å². The van der Waals surface area contributed by atoms with Gasteiger partial charge in [0.25, 0.3) is 5.91 Å². The van der Waals surface area contributed by atoms with Gasteiger partial charge in [-0.25, -0.2) is 8.42 Å². The van der Waals surface area contributed by atoms with Crippen molar-refractivity contribution < 1.29 is 13.2 Å². The van der Waals surface area contributed by atoms with Gasteiger partial charge in [0.05, 0.1) is 21.1 Å². The number of nitrogens with one attached hydrogen (secondary N) is 1. The molecule has 0 unspecified atom stereocenters. The summed E-state index contributed by atoms with van der Waals surface area (Å²) in [4.78, 5) is 16.8. The molecule has 25 heavy (non-hydrogen) atoms. The van der Waals surface area contributed by atoms with Crippen LogP contribution < -0.4 is 5.32 Å². The molecule has 3 aromatic rings. The predicted molar refractivity (Wildman–Crippen MR) is 99.0 cm³/mol. The summed E-state index contributed by atoms with van der Waals surface area (Å²) in [7, 11) is -3.52. The van der Waals surface area contributed by atoms with Crippen LogP contribution in [0.3, 0.4) is 0 Å². The lowest BCUT2D eigenvalue weighted by Gasteiger charge is -2.11. The van der Waals surface area contributed by atoms with Crippen LogP contribution in [-0.4, -0.2) is 25.6 Å². The summed E-state index contributed by atoms with van der Waals surface area (Å²) in [5, 5.41) is 3.71. The highest BCUT2D eigenvalue weighted by Crippen LogP contribution is 2.26. The van der Waals surface area contributed by atoms with Crippen molar-refractivity contribution in [1.82, 2.24) is 4.98 Å². The van der Waals surface area contributed by atoms with E-state index in [0.717, 1.165) is 22.7 Å². The molecule has 0 saturated carbocycles. The highest BCUT2D eigenvalue weighted by molar-refractivity contribution is 7.90. The molecule has 1 amide bonds. The molecular formula is C18H15ClN2O3S. The van der Waals surface area contributed by atoms with E-state index in [-0.39, 0.29) is 15.5 Å². The van der Waals surface area contributed by atoms with Crippen molar-refractivity contribution in [1.29, 1.82) is 0 Å². The van der Waals surface area contributed by atoms with Crippen molar-refractivity contribution in [3.8, 4) is 0 Å². The van der Waals surface area contributed by atoms with Crippen LogP contribution in [0.1, 0.15) is 15.9 Å². The first-order valence-electron chi connectivity index (χ1n) is 7.42. The lowest BCUT2D eigenvalue weighted by molar-refractivity contribution is 0.102. The number of anilines is 1. The fourth-order valence-electron chi connectivity index (χ4n) is 2.55. The topological polar surface area (TPSA) is 76.1 Å². The Bertz CT molecular complexity index is 1090. The second kappa shape index (κ2) is 6.46. The Kier molecular flexibility index (Phi) is 4.49. The monoisotopic (exact) mass is 374 g/mol. The van der Waals surface area contributed by atoms with E-state index in [1.54, 1.807) is 18.3 Å². The number of hydrogen-bond acceptors (Lipinski definition) is 4. The quantitative estimate of drug-likeness (QED) is 0.755. The third-order valence-electron chi connectivity index (χ3n) is 3.81. The first kappa shape index (κ1) is 17.4. The predicted octanol–water partition coefficient (Wildman–Crippen LogP) is 3.85. The molecule has 0 aliphatic carbocycles. The van der Waals surface area contributed by atoms with Crippen molar-refractivity contribution in [2.45, 2.75) is 11.8 Å². The Balaban J connectivity index is 2.01. The van der Waals surface area contributed by atoms with Crippen LogP contribution >= 0.6 is 11.6 Å². The van der Waals surface area contributed by atoms with Crippen molar-refractivity contribution in [3.63, 3.8) is 0 Å². The number of halogens is 1. The number of rotatable bonds is 3. The summed E-state index contributed by atoms with van der Waals surface area (Å²) < 4.78 is 23.5. The molecule has 5 nitrogen and oxygen atoms in total. The lowest BCUT2D eigenvalue weighted by atomic mass is 10.1. The highest BCUT2D eigenvalue weighted by atomic mass is 35.5. The summed E-state index contributed by atoms with van der Waals surface area (Å²) in [6, 6.07) is 11.5. The Morgan fingerprint density at radius 2 is 1.92 bits per heavy atom. The van der Waals surface area contributed by atoms with E-state index >= 15 is 0 Å². The van der Waals surface area contributed by atoms with Crippen molar-refractivity contribution in [2.75, 3.05) is 11.6 Å². The Labute approximate surface area is 150 Å². The SMILES string of the molecule is Cc1ccc(NC(=O)c2ccc(Cl)c(S(C)(=O)=O)c2)c2cccnc12. The summed E-state index contributed by atoms with van der Waals surface area (Å²) in [6.45, 7) is 1.94. The minimum Gasteiger partial charge on any atom is -0.321 e. The standard InChI is InChI=1S/C18H15ClN2O3S/c1-11-5-8-15(13-4-3-9-20-17(11)13)21-18(22)12-6-7-14(19)16(10-12)25(2,23)24/h3-10H,1-2H3,(H,21,22). The average Bonchev–Trinajstić information content (AvgIpc) is 2.57. The maximum atomic E-state index is 12.6. The molecule has 1 heterocycles. The first-order valence-corrected chi connectivity index (χ1v) is 9.69. The smallest absolute Gasteiger partial charge is 0.255 e. The maximum Gasteiger partial charge on any atom is 0.255 e. The number of hydrogen-bond donors (Lipinski definition) is 1. The second-order valence-electron chi connectivity index (χ2n) is 5.70. The zero-order valence-electron chi connectivity index (χ0n) is 13.6. The third kappa shape index (κ3) is 3.50. The average molecular weight is 375 g/mol. The van der Waals surface area contributed by atoms with Gasteiger partial charge in [0.15, 0.2) is 9.84 Å². The van der Waals surface area contributed by atoms with Crippen LogP contribution in [0.2, 0.25) is 5.02 Å². The van der Waals surface area contributed by atoms with Gasteiger partial charge >= 0.3 is 0 Å². The summed E-state index contributed by atoms with van der Waals surface area (Å²) >= 11 is 5.92. The van der Waals surface area contributed by atoms with Gasteiger partial charge in [-0.2, -0.15) is 0 Å². The van der Waals surface area contributed by atoms with Crippen molar-refractivity contribution in [2.24, 2.45) is 0 Å². The molecule has 0 spiro atoms. The van der Waals surface area contributed by atoms with Gasteiger partial charge in [-0.3, -0.25) is 9.78 Å². The van der Waals surface area contributed by atoms with Crippen LogP contribution in [0.25, 0.3) is 10.9 Å². The molecule has 0 bridgehead atoms. The number of nitrogens with zero attached hydrogens (tertiary/aromatic N) is 1. The number of sulfone groups is 1. The van der Waals surface area contributed by atoms with Gasteiger partial charge in [-0.05, 0) is 48.9 Å². The fraction of sp³-hybridized carbons (Fsp3) is 0.111. The van der Waals surface area contributed by atoms with E-state index in [1.165, 1.54) is 18.2 Å². The lowest BCUT2D eigenvalue weighted by Crippen LogP contribution is -2.13. The van der Waals surface area contributed by atoms with E-state index < -0.39 is 15.7 Å². The molecule has 2 aromatic carbocycles. The van der Waals surface area contributed by atoms with Crippen LogP contribution in [-0.2, 0) is 9.84 Å². The second-order valence-corrected chi connectivity index (χ2v) is 8.09. The first-order chi connectivity index (χ1) is 11.8. The molecule has 1 aromatic heterocycles. The highest BCUT2D eigenvalue weighted by Gasteiger charge is 2.16. The molecule has 0 aliphatic rings. The summed E-state index contributed by atoms with van der Waals surface area (Å²) in [5.41, 5.74) is 2.62. The van der Waals surface area contributed by atoms with Gasteiger partial charge in [0, 0.05) is 23.4 Å². The number of benzene rings is 2. The molecule has 1 N–H and O–H groups in total. The molecule has 128 valence electrons. The molecule has 0 saturated heterocycles. The zero-order chi connectivity index (χ0) is 18.2. The van der Waals surface area contributed by atoms with E-state index in [0.29, 0.717) is 5.69 Å². The van der Waals surface area contributed by atoms with Crippen molar-refractivity contribution >= 4 is 43.9 Å².